The standard InChI is InChI=1S/C6H8F6O3/c7-5(8,9)2-14-4(1-13)15-3-6(10,11)12/h4,13H,1-3H2. The predicted molar refractivity (Wildman–Crippen MR) is 34.9 cm³/mol. The monoisotopic (exact) mass is 242 g/mol. The number of hydrogen-bond donors (Lipinski definition) is 1. The van der Waals surface area contributed by atoms with Crippen molar-refractivity contribution in [1.82, 2.24) is 0 Å². The van der Waals surface area contributed by atoms with E-state index < -0.39 is 38.5 Å². The smallest absolute Gasteiger partial charge is 0.391 e. The summed E-state index contributed by atoms with van der Waals surface area (Å²) in [5, 5.41) is 8.34. The molecule has 0 unspecified atom stereocenters. The minimum absolute atomic E-state index is 1.09. The van der Waals surface area contributed by atoms with E-state index in [1.807, 2.05) is 0 Å². The van der Waals surface area contributed by atoms with E-state index in [4.69, 9.17) is 5.11 Å². The summed E-state index contributed by atoms with van der Waals surface area (Å²) in [6.45, 7) is -4.65. The molecular weight excluding hydrogens is 234 g/mol. The first-order valence-electron chi connectivity index (χ1n) is 3.61. The second-order valence-corrected chi connectivity index (χ2v) is 2.46. The molecular formula is C6H8F6O3. The zero-order chi connectivity index (χ0) is 12.1. The lowest BCUT2D eigenvalue weighted by atomic mass is 10.6. The Bertz CT molecular complexity index is 159. The Balaban J connectivity index is 3.84. The van der Waals surface area contributed by atoms with E-state index in [9.17, 15) is 26.3 Å². The summed E-state index contributed by atoms with van der Waals surface area (Å²) >= 11 is 0. The fourth-order valence-electron chi connectivity index (χ4n) is 0.528. The molecule has 0 saturated carbocycles. The third kappa shape index (κ3) is 9.76. The minimum Gasteiger partial charge on any atom is -0.391 e. The molecule has 0 aliphatic carbocycles. The van der Waals surface area contributed by atoms with Gasteiger partial charge in [-0.25, -0.2) is 0 Å². The van der Waals surface area contributed by atoms with E-state index in [1.165, 1.54) is 0 Å². The first-order valence-corrected chi connectivity index (χ1v) is 3.61. The molecule has 0 heterocycles. The summed E-state index contributed by atoms with van der Waals surface area (Å²) in [5.74, 6) is 0. The predicted octanol–water partition coefficient (Wildman–Crippen LogP) is 1.46. The second kappa shape index (κ2) is 5.52. The van der Waals surface area contributed by atoms with E-state index in [0.29, 0.717) is 0 Å². The number of aliphatic hydroxyl groups is 1. The van der Waals surface area contributed by atoms with Gasteiger partial charge in [0.2, 0.25) is 0 Å². The number of alkyl halides is 6. The largest absolute Gasteiger partial charge is 0.411 e. The van der Waals surface area contributed by atoms with Crippen molar-refractivity contribution >= 4 is 0 Å². The molecule has 0 aliphatic rings. The Morgan fingerprint density at radius 3 is 1.40 bits per heavy atom. The van der Waals surface area contributed by atoms with Crippen molar-refractivity contribution in [3.63, 3.8) is 0 Å². The van der Waals surface area contributed by atoms with Crippen molar-refractivity contribution in [2.45, 2.75) is 18.6 Å². The molecule has 15 heavy (non-hydrogen) atoms. The van der Waals surface area contributed by atoms with Gasteiger partial charge in [0.15, 0.2) is 6.29 Å². The first-order chi connectivity index (χ1) is 6.64. The minimum atomic E-state index is -4.69. The Morgan fingerprint density at radius 1 is 0.867 bits per heavy atom. The zero-order valence-corrected chi connectivity index (χ0v) is 7.23. The highest BCUT2D eigenvalue weighted by Gasteiger charge is 2.32. The summed E-state index contributed by atoms with van der Waals surface area (Å²) in [7, 11) is 0. The average Bonchev–Trinajstić information content (AvgIpc) is 2.00. The second-order valence-electron chi connectivity index (χ2n) is 2.46. The fraction of sp³-hybridized carbons (Fsp3) is 1.00. The third-order valence-electron chi connectivity index (χ3n) is 1.01. The Labute approximate surface area is 80.6 Å². The molecule has 0 aromatic heterocycles. The molecule has 0 atom stereocenters. The molecule has 0 aromatic carbocycles. The molecule has 0 saturated heterocycles. The lowest BCUT2D eigenvalue weighted by Crippen LogP contribution is -2.31. The van der Waals surface area contributed by atoms with Gasteiger partial charge in [-0.3, -0.25) is 0 Å². The van der Waals surface area contributed by atoms with E-state index in [0.717, 1.165) is 0 Å². The van der Waals surface area contributed by atoms with Gasteiger partial charge in [0.1, 0.15) is 13.2 Å². The molecule has 9 heteroatoms. The van der Waals surface area contributed by atoms with Gasteiger partial charge in [-0.05, 0) is 0 Å². The lowest BCUT2D eigenvalue weighted by Gasteiger charge is -2.18. The van der Waals surface area contributed by atoms with Crippen LogP contribution in [0.1, 0.15) is 0 Å². The van der Waals surface area contributed by atoms with Crippen LogP contribution in [0.5, 0.6) is 0 Å². The van der Waals surface area contributed by atoms with Crippen molar-refractivity contribution in [3.8, 4) is 0 Å². The van der Waals surface area contributed by atoms with Crippen LogP contribution in [0.2, 0.25) is 0 Å². The molecule has 0 spiro atoms. The molecule has 0 aliphatic heterocycles. The fourth-order valence-corrected chi connectivity index (χ4v) is 0.528. The maximum atomic E-state index is 11.5. The van der Waals surface area contributed by atoms with Crippen molar-refractivity contribution in [2.75, 3.05) is 19.8 Å². The van der Waals surface area contributed by atoms with Gasteiger partial charge in [-0.1, -0.05) is 0 Å². The summed E-state index contributed by atoms with van der Waals surface area (Å²) < 4.78 is 77.0. The molecule has 3 nitrogen and oxygen atoms in total. The quantitative estimate of drug-likeness (QED) is 0.586. The van der Waals surface area contributed by atoms with Crippen LogP contribution in [0.25, 0.3) is 0 Å². The van der Waals surface area contributed by atoms with Gasteiger partial charge >= 0.3 is 12.4 Å². The van der Waals surface area contributed by atoms with Gasteiger partial charge in [0.25, 0.3) is 0 Å². The Kier molecular flexibility index (Phi) is 5.32. The normalized spacial score (nSPS) is 13.6. The van der Waals surface area contributed by atoms with E-state index in [2.05, 4.69) is 9.47 Å². The number of aliphatic hydroxyl groups excluding tert-OH is 1. The maximum absolute atomic E-state index is 11.5. The number of halogens is 6. The Morgan fingerprint density at radius 2 is 1.20 bits per heavy atom. The van der Waals surface area contributed by atoms with Gasteiger partial charge in [0, 0.05) is 0 Å². The van der Waals surface area contributed by atoms with Crippen LogP contribution in [0, 0.1) is 0 Å². The van der Waals surface area contributed by atoms with Crippen LogP contribution < -0.4 is 0 Å². The highest BCUT2D eigenvalue weighted by atomic mass is 19.4. The van der Waals surface area contributed by atoms with Crippen LogP contribution in [0.4, 0.5) is 26.3 Å². The molecule has 1 N–H and O–H groups in total. The molecule has 0 amide bonds. The van der Waals surface area contributed by atoms with Crippen LogP contribution >= 0.6 is 0 Å². The van der Waals surface area contributed by atoms with E-state index in [-0.39, 0.29) is 0 Å². The van der Waals surface area contributed by atoms with Crippen molar-refractivity contribution in [2.24, 2.45) is 0 Å². The summed E-state index contributed by atoms with van der Waals surface area (Å²) in [6, 6.07) is 0. The average molecular weight is 242 g/mol. The summed E-state index contributed by atoms with van der Waals surface area (Å²) in [6.07, 6.45) is -11.3. The number of hydrogen-bond acceptors (Lipinski definition) is 3. The first kappa shape index (κ1) is 14.5. The topological polar surface area (TPSA) is 38.7 Å². The van der Waals surface area contributed by atoms with Crippen molar-refractivity contribution in [3.05, 3.63) is 0 Å². The molecule has 0 bridgehead atoms. The summed E-state index contributed by atoms with van der Waals surface area (Å²) in [5.41, 5.74) is 0. The Hall–Kier alpha value is -0.540. The molecule has 0 aromatic rings. The molecule has 0 rings (SSSR count). The van der Waals surface area contributed by atoms with Gasteiger partial charge in [-0.2, -0.15) is 26.3 Å². The van der Waals surface area contributed by atoms with Crippen molar-refractivity contribution < 1.29 is 40.9 Å². The van der Waals surface area contributed by atoms with Gasteiger partial charge < -0.3 is 14.6 Å². The van der Waals surface area contributed by atoms with Gasteiger partial charge in [-0.15, -0.1) is 0 Å². The van der Waals surface area contributed by atoms with Crippen LogP contribution in [0.15, 0.2) is 0 Å². The molecule has 0 radical (unpaired) electrons. The lowest BCUT2D eigenvalue weighted by molar-refractivity contribution is -0.265. The SMILES string of the molecule is OCC(OCC(F)(F)F)OCC(F)(F)F. The zero-order valence-electron chi connectivity index (χ0n) is 7.23. The van der Waals surface area contributed by atoms with E-state index in [1.54, 1.807) is 0 Å². The van der Waals surface area contributed by atoms with Crippen LogP contribution in [-0.4, -0.2) is 43.6 Å². The molecule has 92 valence electrons. The highest BCUT2D eigenvalue weighted by Crippen LogP contribution is 2.18. The van der Waals surface area contributed by atoms with E-state index >= 15 is 0 Å². The van der Waals surface area contributed by atoms with Crippen LogP contribution in [-0.2, 0) is 9.47 Å². The maximum Gasteiger partial charge on any atom is 0.411 e. The summed E-state index contributed by atoms with van der Waals surface area (Å²) in [4.78, 5) is 0. The third-order valence-corrected chi connectivity index (χ3v) is 1.01. The van der Waals surface area contributed by atoms with Gasteiger partial charge in [0.05, 0.1) is 6.61 Å². The number of rotatable bonds is 5. The van der Waals surface area contributed by atoms with Crippen LogP contribution in [0.3, 0.4) is 0 Å². The number of ether oxygens (including phenoxy) is 2. The highest BCUT2D eigenvalue weighted by molar-refractivity contribution is 4.51. The molecule has 0 fully saturated rings. The van der Waals surface area contributed by atoms with Crippen molar-refractivity contribution in [1.29, 1.82) is 0 Å².